The molecule has 0 aromatic carbocycles. The van der Waals surface area contributed by atoms with Crippen LogP contribution in [0.4, 0.5) is 0 Å². The van der Waals surface area contributed by atoms with E-state index in [-0.39, 0.29) is 5.97 Å². The average molecular weight is 335 g/mol. The highest BCUT2D eigenvalue weighted by atomic mass is 16.5. The Morgan fingerprint density at radius 2 is 2.08 bits per heavy atom. The van der Waals surface area contributed by atoms with Gasteiger partial charge in [0.2, 0.25) is 0 Å². The van der Waals surface area contributed by atoms with Gasteiger partial charge in [0, 0.05) is 19.6 Å². The smallest absolute Gasteiger partial charge is 0.341 e. The monoisotopic (exact) mass is 335 g/mol. The quantitative estimate of drug-likeness (QED) is 0.521. The summed E-state index contributed by atoms with van der Waals surface area (Å²) in [6, 6.07) is 1.72. The number of carbonyl (C=O) groups excluding carboxylic acids is 1. The summed E-state index contributed by atoms with van der Waals surface area (Å²) >= 11 is 0. The molecule has 0 aliphatic carbocycles. The number of nitrogens with one attached hydrogen (secondary N) is 1. The second-order valence-corrected chi connectivity index (χ2v) is 6.70. The van der Waals surface area contributed by atoms with Crippen molar-refractivity contribution >= 4 is 11.9 Å². The molecule has 1 aromatic heterocycles. The zero-order chi connectivity index (χ0) is 17.7. The minimum Gasteiger partial charge on any atom is -0.465 e. The number of guanidine groups is 1. The molecule has 6 nitrogen and oxygen atoms in total. The maximum absolute atomic E-state index is 11.7. The summed E-state index contributed by atoms with van der Waals surface area (Å²) in [7, 11) is 1.37. The van der Waals surface area contributed by atoms with Crippen LogP contribution in [0.25, 0.3) is 0 Å². The average Bonchev–Trinajstić information content (AvgIpc) is 2.90. The van der Waals surface area contributed by atoms with E-state index >= 15 is 0 Å². The number of carbonyl (C=O) groups is 1. The van der Waals surface area contributed by atoms with Crippen molar-refractivity contribution in [2.24, 2.45) is 16.8 Å². The lowest BCUT2D eigenvalue weighted by atomic mass is 9.92. The molecule has 1 fully saturated rings. The van der Waals surface area contributed by atoms with Gasteiger partial charge >= 0.3 is 5.97 Å². The Bertz CT molecular complexity index is 584. The summed E-state index contributed by atoms with van der Waals surface area (Å²) in [5.74, 6) is 3.09. The fourth-order valence-corrected chi connectivity index (χ4v) is 3.35. The maximum atomic E-state index is 11.7. The van der Waals surface area contributed by atoms with Crippen molar-refractivity contribution < 1.29 is 13.9 Å². The third-order valence-corrected chi connectivity index (χ3v) is 4.26. The minimum atomic E-state index is -0.378. The van der Waals surface area contributed by atoms with Gasteiger partial charge in [0.15, 0.2) is 5.96 Å². The SMILES string of the molecule is CCNC(=NCc1cc(C(=O)OC)c(C)o1)N1CC(C)CC(C)C1. The molecule has 1 aliphatic heterocycles. The number of furan rings is 1. The van der Waals surface area contributed by atoms with Crippen molar-refractivity contribution in [1.82, 2.24) is 10.2 Å². The molecule has 0 spiro atoms. The van der Waals surface area contributed by atoms with Crippen LogP contribution >= 0.6 is 0 Å². The number of rotatable bonds is 4. The minimum absolute atomic E-state index is 0.378. The molecular formula is C18H29N3O3. The van der Waals surface area contributed by atoms with Gasteiger partial charge in [0.1, 0.15) is 23.6 Å². The van der Waals surface area contributed by atoms with E-state index in [9.17, 15) is 4.79 Å². The molecule has 0 bridgehead atoms. The highest BCUT2D eigenvalue weighted by Crippen LogP contribution is 2.21. The molecule has 0 amide bonds. The van der Waals surface area contributed by atoms with Crippen LogP contribution in [-0.2, 0) is 11.3 Å². The fraction of sp³-hybridized carbons (Fsp3) is 0.667. The zero-order valence-corrected chi connectivity index (χ0v) is 15.4. The lowest BCUT2D eigenvalue weighted by Gasteiger charge is -2.37. The van der Waals surface area contributed by atoms with E-state index in [0.717, 1.165) is 25.6 Å². The van der Waals surface area contributed by atoms with Crippen molar-refractivity contribution in [3.63, 3.8) is 0 Å². The molecule has 2 heterocycles. The predicted molar refractivity (Wildman–Crippen MR) is 94.1 cm³/mol. The van der Waals surface area contributed by atoms with Crippen LogP contribution in [0.2, 0.25) is 0 Å². The number of ether oxygens (including phenoxy) is 1. The van der Waals surface area contributed by atoms with E-state index in [1.807, 2.05) is 0 Å². The van der Waals surface area contributed by atoms with E-state index in [0.29, 0.717) is 35.5 Å². The fourth-order valence-electron chi connectivity index (χ4n) is 3.35. The molecule has 1 aromatic rings. The number of methoxy groups -OCH3 is 1. The third kappa shape index (κ3) is 4.52. The van der Waals surface area contributed by atoms with Gasteiger partial charge < -0.3 is 19.4 Å². The Morgan fingerprint density at radius 3 is 2.67 bits per heavy atom. The van der Waals surface area contributed by atoms with Gasteiger partial charge in [0.05, 0.1) is 7.11 Å². The van der Waals surface area contributed by atoms with Gasteiger partial charge in [-0.2, -0.15) is 0 Å². The summed E-state index contributed by atoms with van der Waals surface area (Å²) in [4.78, 5) is 18.7. The lowest BCUT2D eigenvalue weighted by Crippen LogP contribution is -2.48. The molecule has 134 valence electrons. The summed E-state index contributed by atoms with van der Waals surface area (Å²) in [6.07, 6.45) is 1.26. The summed E-state index contributed by atoms with van der Waals surface area (Å²) in [6.45, 7) is 11.6. The van der Waals surface area contributed by atoms with Crippen molar-refractivity contribution in [3.05, 3.63) is 23.2 Å². The molecule has 0 radical (unpaired) electrons. The summed E-state index contributed by atoms with van der Waals surface area (Å²) in [5, 5.41) is 3.36. The zero-order valence-electron chi connectivity index (χ0n) is 15.4. The van der Waals surface area contributed by atoms with Crippen molar-refractivity contribution in [1.29, 1.82) is 0 Å². The summed E-state index contributed by atoms with van der Waals surface area (Å²) < 4.78 is 10.4. The number of piperidine rings is 1. The standard InChI is InChI=1S/C18H29N3O3/c1-6-19-18(21-10-12(2)7-13(3)11-21)20-9-15-8-16(14(4)24-15)17(22)23-5/h8,12-13H,6-7,9-11H2,1-5H3,(H,19,20). The number of hydrogen-bond acceptors (Lipinski definition) is 4. The first-order chi connectivity index (χ1) is 11.4. The number of esters is 1. The molecule has 6 heteroatoms. The Morgan fingerprint density at radius 1 is 1.42 bits per heavy atom. The van der Waals surface area contributed by atoms with Gasteiger partial charge in [-0.15, -0.1) is 0 Å². The van der Waals surface area contributed by atoms with E-state index in [1.54, 1.807) is 13.0 Å². The van der Waals surface area contributed by atoms with Crippen LogP contribution < -0.4 is 5.32 Å². The molecule has 1 aliphatic rings. The number of aliphatic imine (C=N–C) groups is 1. The number of likely N-dealkylation sites (tertiary alicyclic amines) is 1. The molecule has 2 atom stereocenters. The Labute approximate surface area is 144 Å². The largest absolute Gasteiger partial charge is 0.465 e. The van der Waals surface area contributed by atoms with Crippen molar-refractivity contribution in [2.45, 2.75) is 40.7 Å². The second kappa shape index (κ2) is 8.22. The molecule has 2 rings (SSSR count). The van der Waals surface area contributed by atoms with Crippen LogP contribution in [0.5, 0.6) is 0 Å². The Kier molecular flexibility index (Phi) is 6.29. The molecule has 0 saturated carbocycles. The first-order valence-electron chi connectivity index (χ1n) is 8.65. The highest BCUT2D eigenvalue weighted by Gasteiger charge is 2.24. The molecule has 24 heavy (non-hydrogen) atoms. The van der Waals surface area contributed by atoms with Crippen LogP contribution in [0, 0.1) is 18.8 Å². The van der Waals surface area contributed by atoms with E-state index in [1.165, 1.54) is 13.5 Å². The van der Waals surface area contributed by atoms with Crippen molar-refractivity contribution in [3.8, 4) is 0 Å². The van der Waals surface area contributed by atoms with Crippen LogP contribution in [0.1, 0.15) is 49.1 Å². The number of nitrogens with zero attached hydrogens (tertiary/aromatic N) is 2. The van der Waals surface area contributed by atoms with Crippen LogP contribution in [-0.4, -0.2) is 43.6 Å². The van der Waals surface area contributed by atoms with E-state index in [2.05, 4.69) is 31.0 Å². The third-order valence-electron chi connectivity index (χ3n) is 4.26. The van der Waals surface area contributed by atoms with Crippen LogP contribution in [0.3, 0.4) is 0 Å². The van der Waals surface area contributed by atoms with Crippen molar-refractivity contribution in [2.75, 3.05) is 26.7 Å². The van der Waals surface area contributed by atoms with Gasteiger partial charge in [0.25, 0.3) is 0 Å². The van der Waals surface area contributed by atoms with Gasteiger partial charge in [-0.25, -0.2) is 9.79 Å². The summed E-state index contributed by atoms with van der Waals surface area (Å²) in [5.41, 5.74) is 0.466. The topological polar surface area (TPSA) is 67.1 Å². The van der Waals surface area contributed by atoms with E-state index in [4.69, 9.17) is 14.1 Å². The van der Waals surface area contributed by atoms with Gasteiger partial charge in [-0.05, 0) is 38.2 Å². The number of hydrogen-bond donors (Lipinski definition) is 1. The molecule has 1 N–H and O–H groups in total. The molecule has 1 saturated heterocycles. The molecule has 2 unspecified atom stereocenters. The first-order valence-corrected chi connectivity index (χ1v) is 8.65. The predicted octanol–water partition coefficient (Wildman–Crippen LogP) is 2.82. The van der Waals surface area contributed by atoms with Gasteiger partial charge in [-0.3, -0.25) is 0 Å². The molecular weight excluding hydrogens is 306 g/mol. The first kappa shape index (κ1) is 18.4. The second-order valence-electron chi connectivity index (χ2n) is 6.70. The highest BCUT2D eigenvalue weighted by molar-refractivity contribution is 5.90. The Balaban J connectivity index is 2.12. The number of aryl methyl sites for hydroxylation is 1. The van der Waals surface area contributed by atoms with Crippen LogP contribution in [0.15, 0.2) is 15.5 Å². The maximum Gasteiger partial charge on any atom is 0.341 e. The normalized spacial score (nSPS) is 21.7. The van der Waals surface area contributed by atoms with E-state index < -0.39 is 0 Å². The lowest BCUT2D eigenvalue weighted by molar-refractivity contribution is 0.0599. The van der Waals surface area contributed by atoms with Gasteiger partial charge in [-0.1, -0.05) is 13.8 Å². The Hall–Kier alpha value is -1.98.